The number of halogens is 1. The molecule has 4 aromatic rings. The minimum Gasteiger partial charge on any atom is -0.457 e. The quantitative estimate of drug-likeness (QED) is 0.329. The molecule has 0 unspecified atom stereocenters. The Balaban J connectivity index is 1.23. The van der Waals surface area contributed by atoms with Crippen LogP contribution < -0.4 is 20.7 Å². The van der Waals surface area contributed by atoms with Crippen LogP contribution in [0.3, 0.4) is 0 Å². The van der Waals surface area contributed by atoms with Gasteiger partial charge in [-0.1, -0.05) is 6.07 Å². The molecule has 9 heteroatoms. The van der Waals surface area contributed by atoms with Gasteiger partial charge in [-0.15, -0.1) is 10.2 Å². The SMILES string of the molecule is O=C(NCCNc1ccc(Nc2ccncc2)nn1)c1cccc(Oc2ccc(F)cc2)c1. The molecule has 0 radical (unpaired) electrons. The molecule has 0 fully saturated rings. The summed E-state index contributed by atoms with van der Waals surface area (Å²) in [5.41, 5.74) is 1.33. The number of anilines is 3. The van der Waals surface area contributed by atoms with Gasteiger partial charge in [-0.25, -0.2) is 4.39 Å². The highest BCUT2D eigenvalue weighted by atomic mass is 19.1. The van der Waals surface area contributed by atoms with E-state index in [4.69, 9.17) is 4.74 Å². The first-order chi connectivity index (χ1) is 16.2. The number of hydrogen-bond donors (Lipinski definition) is 3. The van der Waals surface area contributed by atoms with Crippen molar-refractivity contribution < 1.29 is 13.9 Å². The van der Waals surface area contributed by atoms with Gasteiger partial charge in [-0.2, -0.15) is 0 Å². The number of amides is 1. The van der Waals surface area contributed by atoms with E-state index < -0.39 is 0 Å². The van der Waals surface area contributed by atoms with Gasteiger partial charge in [-0.3, -0.25) is 9.78 Å². The Morgan fingerprint density at radius 3 is 2.36 bits per heavy atom. The predicted octanol–water partition coefficient (Wildman–Crippen LogP) is 4.39. The Hall–Kier alpha value is -4.53. The van der Waals surface area contributed by atoms with Crippen molar-refractivity contribution in [2.45, 2.75) is 0 Å². The first kappa shape index (κ1) is 21.7. The fraction of sp³-hybridized carbons (Fsp3) is 0.0833. The lowest BCUT2D eigenvalue weighted by atomic mass is 10.2. The fourth-order valence-electron chi connectivity index (χ4n) is 2.88. The summed E-state index contributed by atoms with van der Waals surface area (Å²) in [4.78, 5) is 16.4. The summed E-state index contributed by atoms with van der Waals surface area (Å²) in [6.45, 7) is 0.865. The third kappa shape index (κ3) is 6.47. The molecule has 0 bridgehead atoms. The molecular formula is C24H21FN6O2. The van der Waals surface area contributed by atoms with E-state index in [2.05, 4.69) is 31.1 Å². The first-order valence-electron chi connectivity index (χ1n) is 10.2. The molecule has 2 heterocycles. The molecule has 0 atom stereocenters. The Morgan fingerprint density at radius 1 is 0.848 bits per heavy atom. The molecule has 0 saturated carbocycles. The summed E-state index contributed by atoms with van der Waals surface area (Å²) in [6, 6.07) is 19.7. The van der Waals surface area contributed by atoms with E-state index in [1.54, 1.807) is 48.8 Å². The first-order valence-corrected chi connectivity index (χ1v) is 10.2. The Bertz CT molecular complexity index is 1190. The molecule has 0 aliphatic rings. The molecule has 3 N–H and O–H groups in total. The Morgan fingerprint density at radius 2 is 1.61 bits per heavy atom. The molecule has 33 heavy (non-hydrogen) atoms. The van der Waals surface area contributed by atoms with E-state index in [0.29, 0.717) is 41.8 Å². The van der Waals surface area contributed by atoms with E-state index in [0.717, 1.165) is 5.69 Å². The number of aromatic nitrogens is 3. The van der Waals surface area contributed by atoms with Gasteiger partial charge < -0.3 is 20.7 Å². The summed E-state index contributed by atoms with van der Waals surface area (Å²) in [5.74, 6) is 1.61. The summed E-state index contributed by atoms with van der Waals surface area (Å²) in [7, 11) is 0. The summed E-state index contributed by atoms with van der Waals surface area (Å²) in [6.07, 6.45) is 3.38. The van der Waals surface area contributed by atoms with Crippen LogP contribution in [-0.2, 0) is 0 Å². The number of pyridine rings is 1. The molecule has 0 aliphatic heterocycles. The minimum absolute atomic E-state index is 0.232. The molecular weight excluding hydrogens is 423 g/mol. The van der Waals surface area contributed by atoms with Crippen molar-refractivity contribution in [1.82, 2.24) is 20.5 Å². The maximum absolute atomic E-state index is 13.0. The standard InChI is InChI=1S/C24H21FN6O2/c25-18-4-6-20(7-5-18)33-21-3-1-2-17(16-21)24(32)28-15-14-27-22-8-9-23(31-30-22)29-19-10-12-26-13-11-19/h1-13,16H,14-15H2,(H,27,30)(H,28,32)(H,26,29,31). The average molecular weight is 444 g/mol. The second-order valence-corrected chi connectivity index (χ2v) is 6.93. The van der Waals surface area contributed by atoms with E-state index in [-0.39, 0.29) is 11.7 Å². The van der Waals surface area contributed by atoms with Crippen LogP contribution in [0.25, 0.3) is 0 Å². The van der Waals surface area contributed by atoms with Crippen molar-refractivity contribution in [3.05, 3.63) is 96.6 Å². The number of hydrogen-bond acceptors (Lipinski definition) is 7. The molecule has 2 aromatic carbocycles. The van der Waals surface area contributed by atoms with Crippen molar-refractivity contribution in [3.63, 3.8) is 0 Å². The van der Waals surface area contributed by atoms with Crippen LogP contribution >= 0.6 is 0 Å². The summed E-state index contributed by atoms with van der Waals surface area (Å²) in [5, 5.41) is 17.3. The summed E-state index contributed by atoms with van der Waals surface area (Å²) < 4.78 is 18.7. The van der Waals surface area contributed by atoms with Crippen LogP contribution in [0.15, 0.2) is 85.2 Å². The van der Waals surface area contributed by atoms with E-state index in [1.165, 1.54) is 24.3 Å². The van der Waals surface area contributed by atoms with Gasteiger partial charge in [0.2, 0.25) is 0 Å². The number of nitrogens with one attached hydrogen (secondary N) is 3. The zero-order valence-electron chi connectivity index (χ0n) is 17.5. The van der Waals surface area contributed by atoms with Crippen molar-refractivity contribution in [3.8, 4) is 11.5 Å². The molecule has 0 aliphatic carbocycles. The number of carbonyl (C=O) groups is 1. The second kappa shape index (κ2) is 10.7. The van der Waals surface area contributed by atoms with Gasteiger partial charge in [0.05, 0.1) is 0 Å². The van der Waals surface area contributed by atoms with Crippen molar-refractivity contribution in [2.75, 3.05) is 23.7 Å². The number of benzene rings is 2. The zero-order chi connectivity index (χ0) is 22.9. The normalized spacial score (nSPS) is 10.3. The van der Waals surface area contributed by atoms with Crippen molar-refractivity contribution in [1.29, 1.82) is 0 Å². The lowest BCUT2D eigenvalue weighted by Crippen LogP contribution is -2.28. The molecule has 2 aromatic heterocycles. The van der Waals surface area contributed by atoms with E-state index in [9.17, 15) is 9.18 Å². The number of ether oxygens (including phenoxy) is 1. The van der Waals surface area contributed by atoms with Crippen LogP contribution in [0.4, 0.5) is 21.7 Å². The van der Waals surface area contributed by atoms with Gasteiger partial charge in [0.1, 0.15) is 23.1 Å². The van der Waals surface area contributed by atoms with Crippen LogP contribution in [0.5, 0.6) is 11.5 Å². The van der Waals surface area contributed by atoms with Crippen molar-refractivity contribution in [2.24, 2.45) is 0 Å². The molecule has 8 nitrogen and oxygen atoms in total. The molecule has 0 spiro atoms. The monoisotopic (exact) mass is 444 g/mol. The number of nitrogens with zero attached hydrogens (tertiary/aromatic N) is 3. The van der Waals surface area contributed by atoms with Gasteiger partial charge in [0, 0.05) is 36.7 Å². The lowest BCUT2D eigenvalue weighted by Gasteiger charge is -2.10. The molecule has 0 saturated heterocycles. The van der Waals surface area contributed by atoms with Gasteiger partial charge in [0.15, 0.2) is 5.82 Å². The third-order valence-corrected chi connectivity index (χ3v) is 4.48. The predicted molar refractivity (Wildman–Crippen MR) is 123 cm³/mol. The highest BCUT2D eigenvalue weighted by molar-refractivity contribution is 5.94. The average Bonchev–Trinajstić information content (AvgIpc) is 2.85. The molecule has 1 amide bonds. The van der Waals surface area contributed by atoms with Crippen LogP contribution in [0.2, 0.25) is 0 Å². The lowest BCUT2D eigenvalue weighted by molar-refractivity contribution is 0.0955. The Labute approximate surface area is 189 Å². The van der Waals surface area contributed by atoms with Gasteiger partial charge >= 0.3 is 0 Å². The largest absolute Gasteiger partial charge is 0.457 e. The van der Waals surface area contributed by atoms with Crippen LogP contribution in [0, 0.1) is 5.82 Å². The van der Waals surface area contributed by atoms with Crippen molar-refractivity contribution >= 4 is 23.2 Å². The second-order valence-electron chi connectivity index (χ2n) is 6.93. The maximum Gasteiger partial charge on any atom is 0.251 e. The zero-order valence-corrected chi connectivity index (χ0v) is 17.5. The Kier molecular flexibility index (Phi) is 7.01. The third-order valence-electron chi connectivity index (χ3n) is 4.48. The van der Waals surface area contributed by atoms with Gasteiger partial charge in [0.25, 0.3) is 5.91 Å². The number of carbonyl (C=O) groups excluding carboxylic acids is 1. The summed E-state index contributed by atoms with van der Waals surface area (Å²) >= 11 is 0. The van der Waals surface area contributed by atoms with Crippen LogP contribution in [0.1, 0.15) is 10.4 Å². The number of rotatable bonds is 9. The van der Waals surface area contributed by atoms with Gasteiger partial charge in [-0.05, 0) is 66.7 Å². The van der Waals surface area contributed by atoms with E-state index in [1.807, 2.05) is 12.1 Å². The van der Waals surface area contributed by atoms with E-state index >= 15 is 0 Å². The fourth-order valence-corrected chi connectivity index (χ4v) is 2.88. The highest BCUT2D eigenvalue weighted by Crippen LogP contribution is 2.22. The highest BCUT2D eigenvalue weighted by Gasteiger charge is 2.07. The molecule has 166 valence electrons. The maximum atomic E-state index is 13.0. The minimum atomic E-state index is -0.340. The van der Waals surface area contributed by atoms with Crippen LogP contribution in [-0.4, -0.2) is 34.2 Å². The molecule has 4 rings (SSSR count). The smallest absolute Gasteiger partial charge is 0.251 e. The topological polar surface area (TPSA) is 101 Å².